The van der Waals surface area contributed by atoms with E-state index < -0.39 is 0 Å². The summed E-state index contributed by atoms with van der Waals surface area (Å²) >= 11 is 0. The van der Waals surface area contributed by atoms with Gasteiger partial charge in [-0.15, -0.1) is 0 Å². The highest BCUT2D eigenvalue weighted by Gasteiger charge is 2.32. The zero-order chi connectivity index (χ0) is 15.8. The van der Waals surface area contributed by atoms with Crippen molar-refractivity contribution in [3.63, 3.8) is 0 Å². The Morgan fingerprint density at radius 2 is 2.00 bits per heavy atom. The molecule has 120 valence electrons. The molecule has 2 saturated carbocycles. The fraction of sp³-hybridized carbons (Fsp3) is 0.444. The number of H-pyrrole nitrogens is 1. The summed E-state index contributed by atoms with van der Waals surface area (Å²) < 4.78 is 13.5. The first-order chi connectivity index (χ1) is 11.2. The Balaban J connectivity index is 1.68. The van der Waals surface area contributed by atoms with E-state index in [9.17, 15) is 9.18 Å². The van der Waals surface area contributed by atoms with Crippen LogP contribution in [0.25, 0.3) is 11.3 Å². The maximum absolute atomic E-state index is 13.5. The Labute approximate surface area is 134 Å². The van der Waals surface area contributed by atoms with Gasteiger partial charge in [0.2, 0.25) is 5.91 Å². The summed E-state index contributed by atoms with van der Waals surface area (Å²) in [6, 6.07) is 6.35. The fourth-order valence-corrected chi connectivity index (χ4v) is 3.41. The van der Waals surface area contributed by atoms with Crippen molar-refractivity contribution < 1.29 is 9.18 Å². The van der Waals surface area contributed by atoms with Gasteiger partial charge in [-0.3, -0.25) is 9.89 Å². The molecule has 5 heteroatoms. The smallest absolute Gasteiger partial charge is 0.227 e. The average Bonchev–Trinajstić information content (AvgIpc) is 3.08. The molecule has 0 atom stereocenters. The third kappa shape index (κ3) is 2.87. The van der Waals surface area contributed by atoms with Crippen LogP contribution in [0.1, 0.15) is 50.1 Å². The van der Waals surface area contributed by atoms with Crippen molar-refractivity contribution in [1.29, 1.82) is 0 Å². The number of carbonyl (C=O) groups excluding carboxylic acids is 1. The molecule has 0 radical (unpaired) electrons. The Hall–Kier alpha value is -2.17. The molecule has 2 fully saturated rings. The summed E-state index contributed by atoms with van der Waals surface area (Å²) in [7, 11) is 0. The normalized spacial score (nSPS) is 18.3. The summed E-state index contributed by atoms with van der Waals surface area (Å²) in [5, 5.41) is 10.5. The van der Waals surface area contributed by atoms with Crippen LogP contribution in [0.4, 0.5) is 10.1 Å². The minimum absolute atomic E-state index is 0.0726. The SMILES string of the molecule is O=C(Nc1c(-c2cccc(F)c2)n[nH]c1C1CC1)C1CCCC1. The van der Waals surface area contributed by atoms with Gasteiger partial charge in [0.25, 0.3) is 0 Å². The molecule has 2 aliphatic rings. The molecule has 1 amide bonds. The maximum atomic E-state index is 13.5. The molecular weight excluding hydrogens is 293 g/mol. The lowest BCUT2D eigenvalue weighted by molar-refractivity contribution is -0.119. The molecular formula is C18H20FN3O. The van der Waals surface area contributed by atoms with E-state index in [4.69, 9.17) is 0 Å². The third-order valence-electron chi connectivity index (χ3n) is 4.85. The number of carbonyl (C=O) groups is 1. The minimum Gasteiger partial charge on any atom is -0.322 e. The van der Waals surface area contributed by atoms with Gasteiger partial charge in [0.15, 0.2) is 0 Å². The first kappa shape index (κ1) is 14.4. The molecule has 2 aliphatic carbocycles. The highest BCUT2D eigenvalue weighted by molar-refractivity contribution is 5.97. The first-order valence-electron chi connectivity index (χ1n) is 8.37. The summed E-state index contributed by atoms with van der Waals surface area (Å²) in [5.41, 5.74) is 3.05. The van der Waals surface area contributed by atoms with Crippen LogP contribution in [0.3, 0.4) is 0 Å². The molecule has 4 rings (SSSR count). The number of rotatable bonds is 4. The van der Waals surface area contributed by atoms with E-state index in [1.807, 2.05) is 6.07 Å². The summed E-state index contributed by atoms with van der Waals surface area (Å²) in [6.07, 6.45) is 6.37. The van der Waals surface area contributed by atoms with Gasteiger partial charge >= 0.3 is 0 Å². The van der Waals surface area contributed by atoms with Crippen molar-refractivity contribution in [2.24, 2.45) is 5.92 Å². The van der Waals surface area contributed by atoms with Crippen LogP contribution < -0.4 is 5.32 Å². The third-order valence-corrected chi connectivity index (χ3v) is 4.85. The molecule has 0 bridgehead atoms. The molecule has 2 N–H and O–H groups in total. The largest absolute Gasteiger partial charge is 0.322 e. The number of halogens is 1. The molecule has 1 aromatic carbocycles. The summed E-state index contributed by atoms with van der Waals surface area (Å²) in [6.45, 7) is 0. The Morgan fingerprint density at radius 3 is 2.70 bits per heavy atom. The van der Waals surface area contributed by atoms with Gasteiger partial charge in [-0.2, -0.15) is 5.10 Å². The lowest BCUT2D eigenvalue weighted by Gasteiger charge is -2.12. The number of nitrogens with zero attached hydrogens (tertiary/aromatic N) is 1. The molecule has 4 nitrogen and oxygen atoms in total. The molecule has 0 spiro atoms. The molecule has 1 aromatic heterocycles. The maximum Gasteiger partial charge on any atom is 0.227 e. The molecule has 0 aliphatic heterocycles. The monoisotopic (exact) mass is 313 g/mol. The van der Waals surface area contributed by atoms with Crippen LogP contribution in [0, 0.1) is 11.7 Å². The number of amides is 1. The van der Waals surface area contributed by atoms with Crippen molar-refractivity contribution >= 4 is 11.6 Å². The summed E-state index contributed by atoms with van der Waals surface area (Å²) in [4.78, 5) is 12.5. The molecule has 23 heavy (non-hydrogen) atoms. The first-order valence-corrected chi connectivity index (χ1v) is 8.37. The minimum atomic E-state index is -0.299. The zero-order valence-electron chi connectivity index (χ0n) is 12.9. The van der Waals surface area contributed by atoms with E-state index in [0.29, 0.717) is 17.2 Å². The number of aromatic nitrogens is 2. The second-order valence-corrected chi connectivity index (χ2v) is 6.62. The number of hydrogen-bond donors (Lipinski definition) is 2. The van der Waals surface area contributed by atoms with Crippen LogP contribution in [-0.2, 0) is 4.79 Å². The second kappa shape index (κ2) is 5.80. The van der Waals surface area contributed by atoms with Crippen LogP contribution in [0.15, 0.2) is 24.3 Å². The van der Waals surface area contributed by atoms with Gasteiger partial charge in [0.1, 0.15) is 11.5 Å². The van der Waals surface area contributed by atoms with Crippen molar-refractivity contribution in [3.8, 4) is 11.3 Å². The highest BCUT2D eigenvalue weighted by Crippen LogP contribution is 2.45. The van der Waals surface area contributed by atoms with Crippen molar-refractivity contribution in [3.05, 3.63) is 35.8 Å². The van der Waals surface area contributed by atoms with E-state index in [-0.39, 0.29) is 17.6 Å². The zero-order valence-corrected chi connectivity index (χ0v) is 12.9. The van der Waals surface area contributed by atoms with Crippen molar-refractivity contribution in [2.75, 3.05) is 5.32 Å². The van der Waals surface area contributed by atoms with Crippen LogP contribution in [-0.4, -0.2) is 16.1 Å². The lowest BCUT2D eigenvalue weighted by atomic mass is 10.1. The number of nitrogens with one attached hydrogen (secondary N) is 2. The average molecular weight is 313 g/mol. The quantitative estimate of drug-likeness (QED) is 0.888. The highest BCUT2D eigenvalue weighted by atomic mass is 19.1. The van der Waals surface area contributed by atoms with Crippen LogP contribution in [0.2, 0.25) is 0 Å². The van der Waals surface area contributed by atoms with Gasteiger partial charge < -0.3 is 5.32 Å². The van der Waals surface area contributed by atoms with Gasteiger partial charge in [-0.25, -0.2) is 4.39 Å². The van der Waals surface area contributed by atoms with E-state index in [0.717, 1.165) is 49.9 Å². The van der Waals surface area contributed by atoms with E-state index in [1.165, 1.54) is 12.1 Å². The topological polar surface area (TPSA) is 57.8 Å². The Morgan fingerprint density at radius 1 is 1.22 bits per heavy atom. The molecule has 1 heterocycles. The number of hydrogen-bond acceptors (Lipinski definition) is 2. The van der Waals surface area contributed by atoms with Crippen LogP contribution in [0.5, 0.6) is 0 Å². The Kier molecular flexibility index (Phi) is 3.63. The van der Waals surface area contributed by atoms with Crippen molar-refractivity contribution in [1.82, 2.24) is 10.2 Å². The summed E-state index contributed by atoms with van der Waals surface area (Å²) in [5.74, 6) is 0.302. The van der Waals surface area contributed by atoms with E-state index in [1.54, 1.807) is 6.07 Å². The van der Waals surface area contributed by atoms with E-state index >= 15 is 0 Å². The second-order valence-electron chi connectivity index (χ2n) is 6.62. The molecule has 2 aromatic rings. The van der Waals surface area contributed by atoms with Gasteiger partial charge in [-0.05, 0) is 37.8 Å². The van der Waals surface area contributed by atoms with Crippen LogP contribution >= 0.6 is 0 Å². The van der Waals surface area contributed by atoms with Gasteiger partial charge in [0, 0.05) is 17.4 Å². The standard InChI is InChI=1S/C18H20FN3O/c19-14-7-3-6-13(10-14)16-17(15(21-22-16)11-8-9-11)20-18(23)12-4-1-2-5-12/h3,6-7,10-12H,1-2,4-5,8-9H2,(H,20,23)(H,21,22). The Bertz CT molecular complexity index is 730. The van der Waals surface area contributed by atoms with E-state index in [2.05, 4.69) is 15.5 Å². The predicted molar refractivity (Wildman–Crippen MR) is 86.5 cm³/mol. The number of benzene rings is 1. The number of aromatic amines is 1. The van der Waals surface area contributed by atoms with Gasteiger partial charge in [0.05, 0.1) is 11.4 Å². The van der Waals surface area contributed by atoms with Crippen molar-refractivity contribution in [2.45, 2.75) is 44.4 Å². The molecule has 0 saturated heterocycles. The molecule has 0 unspecified atom stereocenters. The fourth-order valence-electron chi connectivity index (χ4n) is 3.41. The lowest BCUT2D eigenvalue weighted by Crippen LogP contribution is -2.21. The van der Waals surface area contributed by atoms with Gasteiger partial charge in [-0.1, -0.05) is 25.0 Å². The predicted octanol–water partition coefficient (Wildman–Crippen LogP) is 4.22. The number of anilines is 1.